The molecule has 2 nitrogen and oxygen atoms in total. The summed E-state index contributed by atoms with van der Waals surface area (Å²) in [6.07, 6.45) is 6.43. The van der Waals surface area contributed by atoms with Gasteiger partial charge in [0.1, 0.15) is 5.75 Å². The molecule has 0 N–H and O–H groups in total. The molecule has 14 heavy (non-hydrogen) atoms. The quantitative estimate of drug-likeness (QED) is 0.706. The second-order valence-corrected chi connectivity index (χ2v) is 3.32. The van der Waals surface area contributed by atoms with Crippen LogP contribution in [-0.2, 0) is 0 Å². The maximum Gasteiger partial charge on any atom is 0.119 e. The fourth-order valence-corrected chi connectivity index (χ4v) is 1.59. The lowest BCUT2D eigenvalue weighted by Gasteiger charge is -2.25. The molecule has 0 fully saturated rings. The van der Waals surface area contributed by atoms with Crippen LogP contribution in [0.1, 0.15) is 6.42 Å². The van der Waals surface area contributed by atoms with Gasteiger partial charge in [-0.2, -0.15) is 0 Å². The van der Waals surface area contributed by atoms with Crippen LogP contribution in [0.15, 0.2) is 30.3 Å². The Labute approximate surface area is 84.8 Å². The average Bonchev–Trinajstić information content (AvgIpc) is 2.30. The Morgan fingerprint density at radius 2 is 2.07 bits per heavy atom. The van der Waals surface area contributed by atoms with Crippen molar-refractivity contribution < 1.29 is 4.74 Å². The third-order valence-electron chi connectivity index (χ3n) is 2.41. The van der Waals surface area contributed by atoms with E-state index in [0.717, 1.165) is 25.3 Å². The van der Waals surface area contributed by atoms with Crippen LogP contribution in [0.2, 0.25) is 0 Å². The second-order valence-electron chi connectivity index (χ2n) is 3.32. The van der Waals surface area contributed by atoms with Crippen LogP contribution in [0.3, 0.4) is 0 Å². The van der Waals surface area contributed by atoms with Crippen molar-refractivity contribution in [3.05, 3.63) is 36.4 Å². The number of anilines is 1. The van der Waals surface area contributed by atoms with Crippen molar-refractivity contribution in [1.29, 1.82) is 0 Å². The molecule has 1 aromatic carbocycles. The fourth-order valence-electron chi connectivity index (χ4n) is 1.59. The first-order valence-corrected chi connectivity index (χ1v) is 4.84. The lowest BCUT2D eigenvalue weighted by Crippen LogP contribution is -2.26. The van der Waals surface area contributed by atoms with Crippen LogP contribution in [0.5, 0.6) is 5.75 Å². The third kappa shape index (κ3) is 1.90. The molecule has 1 radical (unpaired) electrons. The van der Waals surface area contributed by atoms with Gasteiger partial charge in [-0.05, 0) is 36.8 Å². The molecule has 0 saturated carbocycles. The van der Waals surface area contributed by atoms with E-state index in [1.807, 2.05) is 12.1 Å². The molecule has 2 rings (SSSR count). The van der Waals surface area contributed by atoms with Gasteiger partial charge >= 0.3 is 0 Å². The summed E-state index contributed by atoms with van der Waals surface area (Å²) in [6, 6.07) is 8.17. The molecule has 1 aliphatic heterocycles. The zero-order valence-electron chi connectivity index (χ0n) is 8.36. The lowest BCUT2D eigenvalue weighted by molar-refractivity contribution is 0.415. The Balaban J connectivity index is 2.12. The number of hydrogen-bond acceptors (Lipinski definition) is 2. The molecule has 0 saturated heterocycles. The van der Waals surface area contributed by atoms with Crippen molar-refractivity contribution in [2.75, 3.05) is 25.1 Å². The Morgan fingerprint density at radius 3 is 2.64 bits per heavy atom. The first-order chi connectivity index (χ1) is 6.90. The maximum atomic E-state index is 5.12. The summed E-state index contributed by atoms with van der Waals surface area (Å²) in [5.74, 6) is 0.908. The second kappa shape index (κ2) is 4.18. The molecule has 0 atom stereocenters. The molecule has 0 amide bonds. The van der Waals surface area contributed by atoms with Crippen molar-refractivity contribution in [1.82, 2.24) is 0 Å². The summed E-state index contributed by atoms with van der Waals surface area (Å²) in [5.41, 5.74) is 1.24. The normalized spacial score (nSPS) is 15.6. The van der Waals surface area contributed by atoms with E-state index in [4.69, 9.17) is 4.74 Å². The van der Waals surface area contributed by atoms with E-state index in [1.54, 1.807) is 7.11 Å². The van der Waals surface area contributed by atoms with Crippen molar-refractivity contribution in [2.24, 2.45) is 0 Å². The molecule has 1 heterocycles. The van der Waals surface area contributed by atoms with Gasteiger partial charge in [0.05, 0.1) is 7.11 Å². The van der Waals surface area contributed by atoms with E-state index in [2.05, 4.69) is 29.2 Å². The molecular weight excluding hydrogens is 174 g/mol. The van der Waals surface area contributed by atoms with Crippen molar-refractivity contribution in [3.63, 3.8) is 0 Å². The van der Waals surface area contributed by atoms with Gasteiger partial charge in [0.15, 0.2) is 0 Å². The number of benzene rings is 1. The summed E-state index contributed by atoms with van der Waals surface area (Å²) in [6.45, 7) is 1.98. The molecule has 2 heteroatoms. The van der Waals surface area contributed by atoms with Crippen molar-refractivity contribution >= 4 is 5.69 Å². The molecule has 0 aliphatic carbocycles. The number of methoxy groups -OCH3 is 1. The van der Waals surface area contributed by atoms with Crippen molar-refractivity contribution in [2.45, 2.75) is 6.42 Å². The van der Waals surface area contributed by atoms with Crippen molar-refractivity contribution in [3.8, 4) is 5.75 Å². The Bertz CT molecular complexity index is 316. The van der Waals surface area contributed by atoms with Crippen LogP contribution in [0.4, 0.5) is 5.69 Å². The van der Waals surface area contributed by atoms with Gasteiger partial charge in [-0.15, -0.1) is 0 Å². The summed E-state index contributed by atoms with van der Waals surface area (Å²) in [5, 5.41) is 0. The fraction of sp³-hybridized carbons (Fsp3) is 0.333. The van der Waals surface area contributed by atoms with Gasteiger partial charge in [0.2, 0.25) is 0 Å². The van der Waals surface area contributed by atoms with Crippen LogP contribution in [-0.4, -0.2) is 20.2 Å². The maximum absolute atomic E-state index is 5.12. The minimum absolute atomic E-state index is 0.895. The van der Waals surface area contributed by atoms with Crippen LogP contribution < -0.4 is 9.64 Å². The standard InChI is InChI=1S/C12H14NO/c1-14-12-7-5-11(6-8-12)13-9-3-2-4-10-13/h2,5-8H,3,9-10H2,1H3. The zero-order valence-corrected chi connectivity index (χ0v) is 8.36. The number of hydrogen-bond donors (Lipinski definition) is 0. The van der Waals surface area contributed by atoms with Gasteiger partial charge in [-0.1, -0.05) is 6.08 Å². The highest BCUT2D eigenvalue weighted by Crippen LogP contribution is 2.20. The largest absolute Gasteiger partial charge is 0.497 e. The van der Waals surface area contributed by atoms with Crippen LogP contribution in [0.25, 0.3) is 0 Å². The lowest BCUT2D eigenvalue weighted by atomic mass is 10.2. The van der Waals surface area contributed by atoms with E-state index in [9.17, 15) is 0 Å². The highest BCUT2D eigenvalue weighted by atomic mass is 16.5. The predicted molar refractivity (Wildman–Crippen MR) is 57.6 cm³/mol. The number of ether oxygens (including phenoxy) is 1. The van der Waals surface area contributed by atoms with Gasteiger partial charge in [-0.25, -0.2) is 0 Å². The summed E-state index contributed by atoms with van der Waals surface area (Å²) in [4.78, 5) is 2.31. The minimum atomic E-state index is 0.895. The average molecular weight is 188 g/mol. The third-order valence-corrected chi connectivity index (χ3v) is 2.41. The van der Waals surface area contributed by atoms with E-state index in [0.29, 0.717) is 0 Å². The summed E-state index contributed by atoms with van der Waals surface area (Å²) >= 11 is 0. The molecule has 0 unspecified atom stereocenters. The molecule has 0 bridgehead atoms. The van der Waals surface area contributed by atoms with Gasteiger partial charge < -0.3 is 9.64 Å². The summed E-state index contributed by atoms with van der Waals surface area (Å²) in [7, 11) is 1.69. The number of nitrogens with zero attached hydrogens (tertiary/aromatic N) is 1. The highest BCUT2D eigenvalue weighted by molar-refractivity contribution is 5.49. The molecule has 0 spiro atoms. The smallest absolute Gasteiger partial charge is 0.119 e. The molecule has 0 aromatic heterocycles. The van der Waals surface area contributed by atoms with E-state index in [-0.39, 0.29) is 0 Å². The molecule has 73 valence electrons. The van der Waals surface area contributed by atoms with Crippen LogP contribution >= 0.6 is 0 Å². The molecule has 1 aliphatic rings. The monoisotopic (exact) mass is 188 g/mol. The van der Waals surface area contributed by atoms with Gasteiger partial charge in [0.25, 0.3) is 0 Å². The SMILES string of the molecule is COc1ccc(N2C[C]=CCC2)cc1. The Hall–Kier alpha value is -1.44. The van der Waals surface area contributed by atoms with Crippen LogP contribution in [0, 0.1) is 6.08 Å². The molecule has 1 aromatic rings. The highest BCUT2D eigenvalue weighted by Gasteiger charge is 2.06. The van der Waals surface area contributed by atoms with E-state index < -0.39 is 0 Å². The number of rotatable bonds is 2. The van der Waals surface area contributed by atoms with Gasteiger partial charge in [-0.3, -0.25) is 0 Å². The first kappa shape index (κ1) is 9.13. The van der Waals surface area contributed by atoms with E-state index >= 15 is 0 Å². The topological polar surface area (TPSA) is 12.5 Å². The molecular formula is C12H14NO. The first-order valence-electron chi connectivity index (χ1n) is 4.84. The Kier molecular flexibility index (Phi) is 2.73. The minimum Gasteiger partial charge on any atom is -0.497 e. The Morgan fingerprint density at radius 1 is 1.29 bits per heavy atom. The predicted octanol–water partition coefficient (Wildman–Crippen LogP) is 2.26. The summed E-state index contributed by atoms with van der Waals surface area (Å²) < 4.78 is 5.12. The van der Waals surface area contributed by atoms with Gasteiger partial charge in [0, 0.05) is 18.8 Å². The zero-order chi connectivity index (χ0) is 9.80. The van der Waals surface area contributed by atoms with E-state index in [1.165, 1.54) is 5.69 Å².